The lowest BCUT2D eigenvalue weighted by Crippen LogP contribution is -2.54. The van der Waals surface area contributed by atoms with Crippen LogP contribution in [0.1, 0.15) is 37.2 Å². The highest BCUT2D eigenvalue weighted by molar-refractivity contribution is 6.01. The summed E-state index contributed by atoms with van der Waals surface area (Å²) in [4.78, 5) is 36.4. The number of nitrogens with one attached hydrogen (secondary N) is 2. The number of ether oxygens (including phenoxy) is 1. The highest BCUT2D eigenvalue weighted by atomic mass is 19.1. The summed E-state index contributed by atoms with van der Waals surface area (Å²) in [5, 5.41) is 4.82. The first-order chi connectivity index (χ1) is 12.9. The van der Waals surface area contributed by atoms with E-state index in [1.54, 1.807) is 4.90 Å². The van der Waals surface area contributed by atoms with E-state index in [1.165, 1.54) is 12.1 Å². The maximum absolute atomic E-state index is 14.5. The molecule has 2 N–H and O–H groups in total. The lowest BCUT2D eigenvalue weighted by Gasteiger charge is -2.40. The van der Waals surface area contributed by atoms with Crippen molar-refractivity contribution in [2.24, 2.45) is 0 Å². The third-order valence-electron chi connectivity index (χ3n) is 5.04. The van der Waals surface area contributed by atoms with Gasteiger partial charge in [0, 0.05) is 23.7 Å². The third-order valence-corrected chi connectivity index (χ3v) is 5.04. The number of piperidine rings is 1. The van der Waals surface area contributed by atoms with E-state index >= 15 is 0 Å². The lowest BCUT2D eigenvalue weighted by molar-refractivity contribution is -0.134. The molecule has 2 heterocycles. The third kappa shape index (κ3) is 3.72. The summed E-state index contributed by atoms with van der Waals surface area (Å²) in [6.07, 6.45) is 1.25. The first-order valence-electron chi connectivity index (χ1n) is 8.95. The maximum atomic E-state index is 14.5. The summed E-state index contributed by atoms with van der Waals surface area (Å²) in [6, 6.07) is 2.54. The van der Waals surface area contributed by atoms with Crippen LogP contribution in [0.2, 0.25) is 0 Å². The minimum absolute atomic E-state index is 0.0467. The number of hydrogen-bond acceptors (Lipinski definition) is 5. The molecule has 3 amide bonds. The van der Waals surface area contributed by atoms with E-state index < -0.39 is 35.5 Å². The van der Waals surface area contributed by atoms with Gasteiger partial charge < -0.3 is 15.0 Å². The largest absolute Gasteiger partial charge is 0.442 e. The standard InChI is InChI=1S/C18H19F2N3O4/c19-13-5-10(23-7-11(8-23)27-18(26)21-9-1-2-9)6-14(20)16(13)12-3-4-15(24)22-17(12)25/h5-6,9,11-12H,1-4,7-8H2,(H,21,26)(H,22,24,25)/t12-/m0/s1. The van der Waals surface area contributed by atoms with Crippen molar-refractivity contribution in [2.75, 3.05) is 18.0 Å². The molecule has 3 aliphatic rings. The summed E-state index contributed by atoms with van der Waals surface area (Å²) in [6.45, 7) is 0.684. The predicted octanol–water partition coefficient (Wildman–Crippen LogP) is 1.56. The van der Waals surface area contributed by atoms with Gasteiger partial charge in [-0.3, -0.25) is 14.9 Å². The number of carbonyl (C=O) groups is 3. The molecule has 2 aliphatic heterocycles. The fourth-order valence-corrected chi connectivity index (χ4v) is 3.36. The number of anilines is 1. The number of carbonyl (C=O) groups excluding carboxylic acids is 3. The Labute approximate surface area is 154 Å². The van der Waals surface area contributed by atoms with Gasteiger partial charge in [0.15, 0.2) is 0 Å². The second-order valence-corrected chi connectivity index (χ2v) is 7.18. The van der Waals surface area contributed by atoms with Crippen LogP contribution in [0.25, 0.3) is 0 Å². The van der Waals surface area contributed by atoms with E-state index in [1.807, 2.05) is 0 Å². The van der Waals surface area contributed by atoms with E-state index in [-0.39, 0.29) is 30.6 Å². The molecule has 1 aromatic rings. The van der Waals surface area contributed by atoms with Crippen molar-refractivity contribution in [1.82, 2.24) is 10.6 Å². The van der Waals surface area contributed by atoms with Gasteiger partial charge in [-0.1, -0.05) is 0 Å². The number of halogens is 2. The Morgan fingerprint density at radius 3 is 2.41 bits per heavy atom. The Bertz CT molecular complexity index is 783. The Morgan fingerprint density at radius 1 is 1.15 bits per heavy atom. The van der Waals surface area contributed by atoms with Crippen LogP contribution in [0.4, 0.5) is 19.3 Å². The van der Waals surface area contributed by atoms with Crippen LogP contribution in [-0.4, -0.2) is 43.1 Å². The molecular formula is C18H19F2N3O4. The van der Waals surface area contributed by atoms with Crippen LogP contribution < -0.4 is 15.5 Å². The van der Waals surface area contributed by atoms with Crippen molar-refractivity contribution >= 4 is 23.6 Å². The minimum atomic E-state index is -1.02. The van der Waals surface area contributed by atoms with Crippen molar-refractivity contribution in [1.29, 1.82) is 0 Å². The van der Waals surface area contributed by atoms with Crippen LogP contribution >= 0.6 is 0 Å². The summed E-state index contributed by atoms with van der Waals surface area (Å²) >= 11 is 0. The number of imide groups is 1. The van der Waals surface area contributed by atoms with Crippen molar-refractivity contribution < 1.29 is 27.9 Å². The molecule has 7 nitrogen and oxygen atoms in total. The molecule has 0 aromatic heterocycles. The average molecular weight is 379 g/mol. The van der Waals surface area contributed by atoms with Crippen LogP contribution in [0.3, 0.4) is 0 Å². The van der Waals surface area contributed by atoms with E-state index in [0.717, 1.165) is 12.8 Å². The Balaban J connectivity index is 1.40. The SMILES string of the molecule is O=C1CC[C@@H](c2c(F)cc(N3CC(OC(=O)NC4CC4)C3)cc2F)C(=O)N1. The van der Waals surface area contributed by atoms with Gasteiger partial charge >= 0.3 is 6.09 Å². The zero-order chi connectivity index (χ0) is 19.1. The van der Waals surface area contributed by atoms with E-state index in [4.69, 9.17) is 4.74 Å². The maximum Gasteiger partial charge on any atom is 0.407 e. The Hall–Kier alpha value is -2.71. The van der Waals surface area contributed by atoms with Crippen LogP contribution in [-0.2, 0) is 14.3 Å². The quantitative estimate of drug-likeness (QED) is 0.776. The Kier molecular flexibility index (Phi) is 4.45. The molecule has 1 aromatic carbocycles. The van der Waals surface area contributed by atoms with Crippen LogP contribution in [0, 0.1) is 11.6 Å². The van der Waals surface area contributed by atoms with E-state index in [2.05, 4.69) is 10.6 Å². The van der Waals surface area contributed by atoms with Crippen molar-refractivity contribution in [3.8, 4) is 0 Å². The second-order valence-electron chi connectivity index (χ2n) is 7.18. The van der Waals surface area contributed by atoms with Gasteiger partial charge in [-0.15, -0.1) is 0 Å². The highest BCUT2D eigenvalue weighted by Crippen LogP contribution is 2.33. The summed E-state index contributed by atoms with van der Waals surface area (Å²) in [5.41, 5.74) is 0.00406. The molecule has 2 saturated heterocycles. The van der Waals surface area contributed by atoms with Crippen molar-refractivity contribution in [3.63, 3.8) is 0 Å². The smallest absolute Gasteiger partial charge is 0.407 e. The molecule has 27 heavy (non-hydrogen) atoms. The molecule has 0 bridgehead atoms. The normalized spacial score (nSPS) is 22.9. The number of benzene rings is 1. The molecule has 0 unspecified atom stereocenters. The van der Waals surface area contributed by atoms with E-state index in [9.17, 15) is 23.2 Å². The van der Waals surface area contributed by atoms with E-state index in [0.29, 0.717) is 18.8 Å². The second kappa shape index (κ2) is 6.79. The topological polar surface area (TPSA) is 87.7 Å². The molecule has 3 fully saturated rings. The molecule has 1 atom stereocenters. The molecule has 0 radical (unpaired) electrons. The molecule has 0 spiro atoms. The van der Waals surface area contributed by atoms with Gasteiger partial charge in [-0.25, -0.2) is 13.6 Å². The summed E-state index contributed by atoms with van der Waals surface area (Å²) < 4.78 is 34.3. The minimum Gasteiger partial charge on any atom is -0.442 e. The molecule has 9 heteroatoms. The fraction of sp³-hybridized carbons (Fsp3) is 0.500. The van der Waals surface area contributed by atoms with Gasteiger partial charge in [0.1, 0.15) is 17.7 Å². The number of alkyl carbamates (subject to hydrolysis) is 1. The van der Waals surface area contributed by atoms with Crippen molar-refractivity contribution in [2.45, 2.75) is 43.7 Å². The Morgan fingerprint density at radius 2 is 1.81 bits per heavy atom. The number of rotatable bonds is 4. The first-order valence-corrected chi connectivity index (χ1v) is 8.95. The zero-order valence-corrected chi connectivity index (χ0v) is 14.5. The van der Waals surface area contributed by atoms with Gasteiger partial charge in [-0.2, -0.15) is 0 Å². The number of hydrogen-bond donors (Lipinski definition) is 2. The van der Waals surface area contributed by atoms with Crippen molar-refractivity contribution in [3.05, 3.63) is 29.3 Å². The van der Waals surface area contributed by atoms with Gasteiger partial charge in [0.2, 0.25) is 11.8 Å². The monoisotopic (exact) mass is 379 g/mol. The zero-order valence-electron chi connectivity index (χ0n) is 14.5. The van der Waals surface area contributed by atoms with Crippen LogP contribution in [0.15, 0.2) is 12.1 Å². The molecule has 4 rings (SSSR count). The number of amides is 3. The van der Waals surface area contributed by atoms with Gasteiger partial charge in [0.05, 0.1) is 19.0 Å². The van der Waals surface area contributed by atoms with Gasteiger partial charge in [0.25, 0.3) is 0 Å². The highest BCUT2D eigenvalue weighted by Gasteiger charge is 2.35. The fourth-order valence-electron chi connectivity index (χ4n) is 3.36. The summed E-state index contributed by atoms with van der Waals surface area (Å²) in [5.74, 6) is -3.79. The predicted molar refractivity (Wildman–Crippen MR) is 90.1 cm³/mol. The van der Waals surface area contributed by atoms with Gasteiger partial charge in [-0.05, 0) is 31.4 Å². The average Bonchev–Trinajstić information content (AvgIpc) is 3.35. The first kappa shape index (κ1) is 17.7. The molecule has 144 valence electrons. The number of nitrogens with zero attached hydrogens (tertiary/aromatic N) is 1. The molecule has 1 aliphatic carbocycles. The molecule has 1 saturated carbocycles. The molecular weight excluding hydrogens is 360 g/mol. The lowest BCUT2D eigenvalue weighted by atomic mass is 9.89. The van der Waals surface area contributed by atoms with Crippen LogP contribution in [0.5, 0.6) is 0 Å². The summed E-state index contributed by atoms with van der Waals surface area (Å²) in [7, 11) is 0.